The zero-order chi connectivity index (χ0) is 17.1. The van der Waals surface area contributed by atoms with Crippen molar-refractivity contribution in [3.63, 3.8) is 0 Å². The van der Waals surface area contributed by atoms with Gasteiger partial charge in [-0.3, -0.25) is 9.59 Å². The molecule has 5 nitrogen and oxygen atoms in total. The molecular weight excluding hydrogens is 322 g/mol. The van der Waals surface area contributed by atoms with Gasteiger partial charge in [-0.25, -0.2) is 5.43 Å². The van der Waals surface area contributed by atoms with E-state index >= 15 is 0 Å². The van der Waals surface area contributed by atoms with Gasteiger partial charge in [0.15, 0.2) is 0 Å². The van der Waals surface area contributed by atoms with Crippen LogP contribution in [0.25, 0.3) is 0 Å². The maximum absolute atomic E-state index is 12.5. The molecule has 2 aromatic rings. The van der Waals surface area contributed by atoms with Crippen LogP contribution in [-0.2, 0) is 9.59 Å². The molecule has 0 saturated carbocycles. The summed E-state index contributed by atoms with van der Waals surface area (Å²) in [6.45, 7) is 4.32. The number of amides is 2. The highest BCUT2D eigenvalue weighted by atomic mass is 32.1. The van der Waals surface area contributed by atoms with Crippen LogP contribution in [0.5, 0.6) is 0 Å². The van der Waals surface area contributed by atoms with E-state index in [4.69, 9.17) is 0 Å². The number of carbonyl (C=O) groups is 2. The Balaban J connectivity index is 1.74. The molecule has 0 aliphatic carbocycles. The minimum absolute atomic E-state index is 0.168. The predicted molar refractivity (Wildman–Crippen MR) is 95.1 cm³/mol. The van der Waals surface area contributed by atoms with E-state index < -0.39 is 5.92 Å². The van der Waals surface area contributed by atoms with Gasteiger partial charge in [-0.1, -0.05) is 30.3 Å². The molecule has 2 atom stereocenters. The van der Waals surface area contributed by atoms with Crippen molar-refractivity contribution in [3.05, 3.63) is 57.8 Å². The third-order valence-electron chi connectivity index (χ3n) is 4.11. The van der Waals surface area contributed by atoms with Gasteiger partial charge in [0.05, 0.1) is 10.6 Å². The minimum Gasteiger partial charge on any atom is -0.355 e. The number of hydrogen-bond donors (Lipinski definition) is 2. The number of benzene rings is 1. The Morgan fingerprint density at radius 1 is 1.33 bits per heavy atom. The van der Waals surface area contributed by atoms with Crippen LogP contribution in [0, 0.1) is 12.8 Å². The van der Waals surface area contributed by atoms with Crippen LogP contribution < -0.4 is 10.7 Å². The van der Waals surface area contributed by atoms with Gasteiger partial charge in [0, 0.05) is 12.5 Å². The molecule has 1 aliphatic rings. The standard InChI is InChI=1S/C18H19N3O2S/c1-11-8-15(24-10-11)12(2)20-21-18(23)16-14(9-19-17(16)22)13-6-4-3-5-7-13/h3-8,10,14,16H,9H2,1-2H3,(H,19,22)(H,21,23)/b20-12-. The normalized spacial score (nSPS) is 20.8. The molecule has 1 aliphatic heterocycles. The van der Waals surface area contributed by atoms with Crippen LogP contribution in [0.3, 0.4) is 0 Å². The first-order valence-electron chi connectivity index (χ1n) is 7.78. The molecule has 3 rings (SSSR count). The molecule has 24 heavy (non-hydrogen) atoms. The highest BCUT2D eigenvalue weighted by Crippen LogP contribution is 2.29. The van der Waals surface area contributed by atoms with Crippen molar-refractivity contribution in [1.82, 2.24) is 10.7 Å². The summed E-state index contributed by atoms with van der Waals surface area (Å²) >= 11 is 1.58. The van der Waals surface area contributed by atoms with Gasteiger partial charge in [-0.15, -0.1) is 11.3 Å². The quantitative estimate of drug-likeness (QED) is 0.509. The van der Waals surface area contributed by atoms with Crippen molar-refractivity contribution in [2.24, 2.45) is 11.0 Å². The van der Waals surface area contributed by atoms with Gasteiger partial charge >= 0.3 is 0 Å². The van der Waals surface area contributed by atoms with Crippen molar-refractivity contribution in [3.8, 4) is 0 Å². The molecule has 124 valence electrons. The highest BCUT2D eigenvalue weighted by Gasteiger charge is 2.40. The Kier molecular flexibility index (Phi) is 4.76. The summed E-state index contributed by atoms with van der Waals surface area (Å²) in [4.78, 5) is 25.6. The highest BCUT2D eigenvalue weighted by molar-refractivity contribution is 7.12. The molecule has 1 aromatic carbocycles. The van der Waals surface area contributed by atoms with E-state index in [1.54, 1.807) is 11.3 Å². The minimum atomic E-state index is -0.756. The lowest BCUT2D eigenvalue weighted by molar-refractivity contribution is -0.133. The SMILES string of the molecule is C/C(=N/NC(=O)C1C(=O)NCC1c1ccccc1)c1cc(C)cs1. The van der Waals surface area contributed by atoms with E-state index in [1.165, 1.54) is 0 Å². The second kappa shape index (κ2) is 6.97. The summed E-state index contributed by atoms with van der Waals surface area (Å²) in [5, 5.41) is 8.97. The summed E-state index contributed by atoms with van der Waals surface area (Å²) in [5.74, 6) is -1.54. The summed E-state index contributed by atoms with van der Waals surface area (Å²) in [7, 11) is 0. The van der Waals surface area contributed by atoms with Crippen LogP contribution in [0.2, 0.25) is 0 Å². The number of carbonyl (C=O) groups excluding carboxylic acids is 2. The number of hydrazone groups is 1. The molecule has 2 heterocycles. The van der Waals surface area contributed by atoms with E-state index in [0.29, 0.717) is 6.54 Å². The van der Waals surface area contributed by atoms with Crippen LogP contribution >= 0.6 is 11.3 Å². The molecule has 1 fully saturated rings. The van der Waals surface area contributed by atoms with Gasteiger partial charge < -0.3 is 5.32 Å². The van der Waals surface area contributed by atoms with Gasteiger partial charge in [-0.2, -0.15) is 5.10 Å². The maximum atomic E-state index is 12.5. The summed E-state index contributed by atoms with van der Waals surface area (Å²) < 4.78 is 0. The molecule has 2 amide bonds. The monoisotopic (exact) mass is 341 g/mol. The van der Waals surface area contributed by atoms with Crippen LogP contribution in [0.4, 0.5) is 0 Å². The number of aryl methyl sites for hydroxylation is 1. The van der Waals surface area contributed by atoms with Gasteiger partial charge in [0.25, 0.3) is 5.91 Å². The van der Waals surface area contributed by atoms with E-state index in [9.17, 15) is 9.59 Å². The van der Waals surface area contributed by atoms with Gasteiger partial charge in [-0.05, 0) is 36.4 Å². The Morgan fingerprint density at radius 2 is 2.08 bits per heavy atom. The average Bonchev–Trinajstić information content (AvgIpc) is 3.19. The molecule has 0 bridgehead atoms. The first kappa shape index (κ1) is 16.4. The second-order valence-corrected chi connectivity index (χ2v) is 6.81. The molecule has 1 aromatic heterocycles. The molecule has 1 saturated heterocycles. The lowest BCUT2D eigenvalue weighted by Gasteiger charge is -2.15. The first-order valence-corrected chi connectivity index (χ1v) is 8.66. The van der Waals surface area contributed by atoms with E-state index in [-0.39, 0.29) is 17.7 Å². The summed E-state index contributed by atoms with van der Waals surface area (Å²) in [6.07, 6.45) is 0. The van der Waals surface area contributed by atoms with Gasteiger partial charge in [0.1, 0.15) is 5.92 Å². The van der Waals surface area contributed by atoms with Crippen molar-refractivity contribution in [2.45, 2.75) is 19.8 Å². The topological polar surface area (TPSA) is 70.6 Å². The predicted octanol–water partition coefficient (Wildman–Crippen LogP) is 2.43. The van der Waals surface area contributed by atoms with Crippen molar-refractivity contribution in [2.75, 3.05) is 6.54 Å². The lowest BCUT2D eigenvalue weighted by atomic mass is 9.88. The first-order chi connectivity index (χ1) is 11.6. The number of nitrogens with one attached hydrogen (secondary N) is 2. The number of hydrogen-bond acceptors (Lipinski definition) is 4. The van der Waals surface area contributed by atoms with Crippen molar-refractivity contribution in [1.29, 1.82) is 0 Å². The van der Waals surface area contributed by atoms with Crippen molar-refractivity contribution >= 4 is 28.9 Å². The summed E-state index contributed by atoms with van der Waals surface area (Å²) in [5.41, 5.74) is 5.43. The number of rotatable bonds is 4. The van der Waals surface area contributed by atoms with Crippen molar-refractivity contribution < 1.29 is 9.59 Å². The van der Waals surface area contributed by atoms with E-state index in [0.717, 1.165) is 21.7 Å². The molecule has 0 radical (unpaired) electrons. The summed E-state index contributed by atoms with van der Waals surface area (Å²) in [6, 6.07) is 11.6. The van der Waals surface area contributed by atoms with Gasteiger partial charge in [0.2, 0.25) is 5.91 Å². The molecule has 2 unspecified atom stereocenters. The zero-order valence-electron chi connectivity index (χ0n) is 13.6. The van der Waals surface area contributed by atoms with Crippen LogP contribution in [-0.4, -0.2) is 24.1 Å². The molecule has 6 heteroatoms. The zero-order valence-corrected chi connectivity index (χ0v) is 14.4. The number of thiophene rings is 1. The number of nitrogens with zero attached hydrogens (tertiary/aromatic N) is 1. The Hall–Kier alpha value is -2.47. The maximum Gasteiger partial charge on any atom is 0.253 e. The molecule has 2 N–H and O–H groups in total. The van der Waals surface area contributed by atoms with E-state index in [2.05, 4.69) is 15.8 Å². The molecule has 0 spiro atoms. The Labute approximate surface area is 144 Å². The van der Waals surface area contributed by atoms with Crippen LogP contribution in [0.1, 0.15) is 28.8 Å². The fourth-order valence-corrected chi connectivity index (χ4v) is 3.67. The lowest BCUT2D eigenvalue weighted by Crippen LogP contribution is -2.35. The van der Waals surface area contributed by atoms with Crippen LogP contribution in [0.15, 0.2) is 46.9 Å². The molecular formula is C18H19N3O2S. The smallest absolute Gasteiger partial charge is 0.253 e. The largest absolute Gasteiger partial charge is 0.355 e. The fourth-order valence-electron chi connectivity index (χ4n) is 2.82. The Bertz CT molecular complexity index is 783. The third-order valence-corrected chi connectivity index (χ3v) is 5.27. The third kappa shape index (κ3) is 3.38. The Morgan fingerprint density at radius 3 is 2.75 bits per heavy atom. The fraction of sp³-hybridized carbons (Fsp3) is 0.278. The second-order valence-electron chi connectivity index (χ2n) is 5.90. The van der Waals surface area contributed by atoms with E-state index in [1.807, 2.05) is 55.6 Å². The average molecular weight is 341 g/mol.